The molecule has 39 heavy (non-hydrogen) atoms. The van der Waals surface area contributed by atoms with Crippen LogP contribution >= 0.6 is 23.1 Å². The lowest BCUT2D eigenvalue weighted by Gasteiger charge is -2.12. The number of nitrogens with zero attached hydrogens (tertiary/aromatic N) is 3. The lowest BCUT2D eigenvalue weighted by Crippen LogP contribution is -2.25. The third-order valence-corrected chi connectivity index (χ3v) is 7.75. The summed E-state index contributed by atoms with van der Waals surface area (Å²) in [5, 5.41) is 13.3. The van der Waals surface area contributed by atoms with Crippen LogP contribution in [0.4, 0.5) is 9.39 Å². The van der Waals surface area contributed by atoms with Crippen LogP contribution in [0.15, 0.2) is 29.4 Å². The zero-order valence-corrected chi connectivity index (χ0v) is 23.6. The number of benzene rings is 1. The van der Waals surface area contributed by atoms with E-state index in [0.29, 0.717) is 16.5 Å². The van der Waals surface area contributed by atoms with Crippen molar-refractivity contribution in [2.24, 2.45) is 7.05 Å². The van der Waals surface area contributed by atoms with Crippen molar-refractivity contribution < 1.29 is 33.0 Å². The van der Waals surface area contributed by atoms with E-state index in [4.69, 9.17) is 9.47 Å². The maximum atomic E-state index is 13.8. The number of amides is 2. The summed E-state index contributed by atoms with van der Waals surface area (Å²) in [5.41, 5.74) is 0.376. The third kappa shape index (κ3) is 7.00. The van der Waals surface area contributed by atoms with Gasteiger partial charge in [0.25, 0.3) is 5.91 Å². The van der Waals surface area contributed by atoms with Crippen LogP contribution < -0.4 is 10.6 Å². The molecule has 14 heteroatoms. The molecule has 3 rings (SSSR count). The zero-order valence-electron chi connectivity index (χ0n) is 22.0. The lowest BCUT2D eigenvalue weighted by molar-refractivity contribution is -0.115. The van der Waals surface area contributed by atoms with Gasteiger partial charge in [0.1, 0.15) is 15.7 Å². The van der Waals surface area contributed by atoms with E-state index in [9.17, 15) is 23.6 Å². The summed E-state index contributed by atoms with van der Waals surface area (Å²) in [6, 6.07) is 5.63. The number of hydrogen-bond acceptors (Lipinski definition) is 10. The van der Waals surface area contributed by atoms with Crippen LogP contribution in [-0.2, 0) is 27.9 Å². The summed E-state index contributed by atoms with van der Waals surface area (Å²) < 4.78 is 25.6. The molecule has 0 saturated heterocycles. The fourth-order valence-electron chi connectivity index (χ4n) is 3.37. The predicted octanol–water partition coefficient (Wildman–Crippen LogP) is 3.73. The van der Waals surface area contributed by atoms with E-state index < -0.39 is 34.8 Å². The van der Waals surface area contributed by atoms with Crippen molar-refractivity contribution in [2.75, 3.05) is 18.5 Å². The highest BCUT2D eigenvalue weighted by atomic mass is 32.2. The van der Waals surface area contributed by atoms with Crippen molar-refractivity contribution in [2.45, 2.75) is 44.6 Å². The number of aromatic nitrogens is 3. The van der Waals surface area contributed by atoms with Gasteiger partial charge < -0.3 is 24.7 Å². The molecule has 0 aliphatic carbocycles. The Morgan fingerprint density at radius 3 is 2.44 bits per heavy atom. The molecule has 0 spiro atoms. The smallest absolute Gasteiger partial charge is 0.348 e. The van der Waals surface area contributed by atoms with Crippen LogP contribution in [0.25, 0.3) is 0 Å². The molecule has 2 N–H and O–H groups in total. The van der Waals surface area contributed by atoms with E-state index in [-0.39, 0.29) is 40.8 Å². The topological polar surface area (TPSA) is 142 Å². The van der Waals surface area contributed by atoms with Gasteiger partial charge in [0.05, 0.1) is 36.1 Å². The van der Waals surface area contributed by atoms with Crippen LogP contribution in [0.3, 0.4) is 0 Å². The van der Waals surface area contributed by atoms with Crippen LogP contribution in [0.1, 0.15) is 62.5 Å². The normalized spacial score (nSPS) is 11.5. The highest BCUT2D eigenvalue weighted by Gasteiger charge is 2.29. The van der Waals surface area contributed by atoms with Crippen molar-refractivity contribution in [3.8, 4) is 0 Å². The number of hydrogen-bond donors (Lipinski definition) is 2. The first kappa shape index (κ1) is 29.8. The van der Waals surface area contributed by atoms with Gasteiger partial charge in [-0.2, -0.15) is 0 Å². The van der Waals surface area contributed by atoms with E-state index in [0.717, 1.165) is 23.1 Å². The molecule has 3 aromatic rings. The third-order valence-electron chi connectivity index (χ3n) is 5.43. The molecule has 208 valence electrons. The highest BCUT2D eigenvalue weighted by Crippen LogP contribution is 2.35. The number of carbonyl (C=O) groups is 4. The van der Waals surface area contributed by atoms with E-state index in [2.05, 4.69) is 20.8 Å². The SMILES string of the molecule is CCOC(=O)c1sc(NC(=O)[C@@H](C)Sc2nnc(CNC(=O)c3ccccc3F)n2C)c(C(=O)OCC)c1C. The molecular weight excluding hydrogens is 549 g/mol. The fourth-order valence-corrected chi connectivity index (χ4v) is 5.29. The number of esters is 2. The molecule has 0 fully saturated rings. The van der Waals surface area contributed by atoms with Gasteiger partial charge in [-0.1, -0.05) is 23.9 Å². The molecule has 0 aliphatic rings. The summed E-state index contributed by atoms with van der Waals surface area (Å²) in [4.78, 5) is 50.5. The van der Waals surface area contributed by atoms with Crippen molar-refractivity contribution in [3.05, 3.63) is 57.5 Å². The van der Waals surface area contributed by atoms with Gasteiger partial charge in [-0.3, -0.25) is 9.59 Å². The second-order valence-electron chi connectivity index (χ2n) is 8.07. The minimum atomic E-state index is -0.683. The largest absolute Gasteiger partial charge is 0.462 e. The number of rotatable bonds is 11. The first-order valence-corrected chi connectivity index (χ1v) is 13.6. The summed E-state index contributed by atoms with van der Waals surface area (Å²) in [7, 11) is 1.67. The van der Waals surface area contributed by atoms with Crippen molar-refractivity contribution >= 4 is 51.9 Å². The zero-order chi connectivity index (χ0) is 28.7. The standard InChI is InChI=1S/C25H28FN5O6S2/c1-6-36-23(34)18-13(3)19(24(35)37-7-2)39-22(18)28-20(32)14(4)38-25-30-29-17(31(25)5)12-27-21(33)15-10-8-9-11-16(15)26/h8-11,14H,6-7,12H2,1-5H3,(H,27,33)(H,28,32)/t14-/m1/s1. The van der Waals surface area contributed by atoms with Crippen molar-refractivity contribution in [1.82, 2.24) is 20.1 Å². The molecule has 0 radical (unpaired) electrons. The Bertz CT molecular complexity index is 1390. The maximum Gasteiger partial charge on any atom is 0.348 e. The summed E-state index contributed by atoms with van der Waals surface area (Å²) >= 11 is 2.04. The molecule has 2 heterocycles. The first-order valence-electron chi connectivity index (χ1n) is 11.9. The van der Waals surface area contributed by atoms with E-state index in [1.54, 1.807) is 45.4 Å². The second-order valence-corrected chi connectivity index (χ2v) is 10.4. The minimum absolute atomic E-state index is 0.00812. The Labute approximate surface area is 232 Å². The van der Waals surface area contributed by atoms with Gasteiger partial charge in [0.2, 0.25) is 5.91 Å². The number of thioether (sulfide) groups is 1. The van der Waals surface area contributed by atoms with Gasteiger partial charge >= 0.3 is 11.9 Å². The molecule has 0 unspecified atom stereocenters. The molecule has 11 nitrogen and oxygen atoms in total. The Morgan fingerprint density at radius 1 is 1.10 bits per heavy atom. The molecule has 0 saturated carbocycles. The quantitative estimate of drug-likeness (QED) is 0.258. The predicted molar refractivity (Wildman–Crippen MR) is 143 cm³/mol. The summed E-state index contributed by atoms with van der Waals surface area (Å²) in [6.45, 7) is 6.84. The number of anilines is 1. The summed E-state index contributed by atoms with van der Waals surface area (Å²) in [6.07, 6.45) is 0. The maximum absolute atomic E-state index is 13.8. The van der Waals surface area contributed by atoms with Crippen LogP contribution in [0.5, 0.6) is 0 Å². The summed E-state index contributed by atoms with van der Waals surface area (Å²) in [5.74, 6) is -2.53. The van der Waals surface area contributed by atoms with Gasteiger partial charge in [0.15, 0.2) is 11.0 Å². The van der Waals surface area contributed by atoms with Gasteiger partial charge in [0, 0.05) is 7.05 Å². The minimum Gasteiger partial charge on any atom is -0.462 e. The Morgan fingerprint density at radius 2 is 1.77 bits per heavy atom. The number of carbonyl (C=O) groups excluding carboxylic acids is 4. The average Bonchev–Trinajstić information content (AvgIpc) is 3.41. The molecule has 2 amide bonds. The van der Waals surface area contributed by atoms with Gasteiger partial charge in [-0.05, 0) is 45.4 Å². The Hall–Kier alpha value is -3.78. The molecule has 2 aromatic heterocycles. The number of ether oxygens (including phenoxy) is 2. The number of thiophene rings is 1. The van der Waals surface area contributed by atoms with Crippen molar-refractivity contribution in [1.29, 1.82) is 0 Å². The second kappa shape index (κ2) is 13.3. The number of halogens is 1. The molecular formula is C25H28FN5O6S2. The molecule has 0 aliphatic heterocycles. The number of nitrogens with one attached hydrogen (secondary N) is 2. The Balaban J connectivity index is 1.70. The van der Waals surface area contributed by atoms with Gasteiger partial charge in [-0.25, -0.2) is 14.0 Å². The van der Waals surface area contributed by atoms with Crippen LogP contribution in [-0.4, -0.2) is 57.0 Å². The highest BCUT2D eigenvalue weighted by molar-refractivity contribution is 8.00. The van der Waals surface area contributed by atoms with Crippen LogP contribution in [0, 0.1) is 12.7 Å². The van der Waals surface area contributed by atoms with E-state index in [1.807, 2.05) is 0 Å². The molecule has 1 atom stereocenters. The van der Waals surface area contributed by atoms with Crippen LogP contribution in [0.2, 0.25) is 0 Å². The lowest BCUT2D eigenvalue weighted by atomic mass is 10.1. The molecule has 1 aromatic carbocycles. The monoisotopic (exact) mass is 577 g/mol. The van der Waals surface area contributed by atoms with E-state index >= 15 is 0 Å². The van der Waals surface area contributed by atoms with Crippen molar-refractivity contribution in [3.63, 3.8) is 0 Å². The Kier molecular flexibility index (Phi) is 10.2. The van der Waals surface area contributed by atoms with Gasteiger partial charge in [-0.15, -0.1) is 21.5 Å². The fraction of sp³-hybridized carbons (Fsp3) is 0.360. The molecule has 0 bridgehead atoms. The average molecular weight is 578 g/mol. The van der Waals surface area contributed by atoms with E-state index in [1.165, 1.54) is 18.2 Å². The first-order chi connectivity index (χ1) is 18.6.